The first-order valence-electron chi connectivity index (χ1n) is 6.59. The summed E-state index contributed by atoms with van der Waals surface area (Å²) in [6.45, 7) is 5.78. The van der Waals surface area contributed by atoms with E-state index in [4.69, 9.17) is 17.3 Å². The molecule has 0 fully saturated rings. The van der Waals surface area contributed by atoms with Gasteiger partial charge in [-0.2, -0.15) is 0 Å². The molecule has 0 saturated carbocycles. The number of nitrogens with two attached hydrogens (primary N) is 1. The van der Waals surface area contributed by atoms with Crippen molar-refractivity contribution in [2.45, 2.75) is 46.1 Å². The second kappa shape index (κ2) is 7.46. The number of pyridine rings is 1. The summed E-state index contributed by atoms with van der Waals surface area (Å²) in [7, 11) is 0. The zero-order valence-electron chi connectivity index (χ0n) is 11.7. The van der Waals surface area contributed by atoms with Crippen LogP contribution in [0.2, 0.25) is 5.15 Å². The van der Waals surface area contributed by atoms with Crippen LogP contribution in [0, 0.1) is 12.8 Å². The van der Waals surface area contributed by atoms with Crippen LogP contribution in [0.5, 0.6) is 0 Å². The summed E-state index contributed by atoms with van der Waals surface area (Å²) in [6.07, 6.45) is 4.33. The summed E-state index contributed by atoms with van der Waals surface area (Å²) in [6, 6.07) is 2.01. The number of aryl methyl sites for hydroxylation is 1. The maximum Gasteiger partial charge on any atom is 0.227 e. The van der Waals surface area contributed by atoms with Gasteiger partial charge in [0.2, 0.25) is 5.91 Å². The van der Waals surface area contributed by atoms with Gasteiger partial charge in [-0.25, -0.2) is 4.98 Å². The molecule has 0 aliphatic rings. The normalized spacial score (nSPS) is 13.9. The molecule has 0 saturated heterocycles. The number of aromatic nitrogens is 1. The molecule has 19 heavy (non-hydrogen) atoms. The first kappa shape index (κ1) is 15.9. The van der Waals surface area contributed by atoms with Gasteiger partial charge >= 0.3 is 0 Å². The number of hydrogen-bond acceptors (Lipinski definition) is 3. The van der Waals surface area contributed by atoms with E-state index in [9.17, 15) is 4.79 Å². The number of nitrogens with one attached hydrogen (secondary N) is 1. The van der Waals surface area contributed by atoms with E-state index in [-0.39, 0.29) is 17.9 Å². The second-order valence-electron chi connectivity index (χ2n) is 5.09. The van der Waals surface area contributed by atoms with Crippen molar-refractivity contribution in [1.82, 2.24) is 4.98 Å². The zero-order chi connectivity index (χ0) is 14.4. The van der Waals surface area contributed by atoms with Gasteiger partial charge in [0.05, 0.1) is 5.69 Å². The molecule has 0 aromatic carbocycles. The minimum absolute atomic E-state index is 0.0253. The van der Waals surface area contributed by atoms with Crippen molar-refractivity contribution in [2.75, 3.05) is 5.32 Å². The van der Waals surface area contributed by atoms with Crippen molar-refractivity contribution in [1.29, 1.82) is 0 Å². The lowest BCUT2D eigenvalue weighted by Crippen LogP contribution is -2.22. The van der Waals surface area contributed by atoms with Crippen molar-refractivity contribution in [3.8, 4) is 0 Å². The monoisotopic (exact) mass is 283 g/mol. The Morgan fingerprint density at radius 1 is 1.47 bits per heavy atom. The first-order chi connectivity index (χ1) is 8.91. The molecule has 3 N–H and O–H groups in total. The van der Waals surface area contributed by atoms with Crippen LogP contribution in [0.3, 0.4) is 0 Å². The van der Waals surface area contributed by atoms with E-state index >= 15 is 0 Å². The summed E-state index contributed by atoms with van der Waals surface area (Å²) in [5.74, 6) is -0.0860. The molecule has 0 aliphatic heterocycles. The van der Waals surface area contributed by atoms with Crippen molar-refractivity contribution in [3.63, 3.8) is 0 Å². The molecule has 0 radical (unpaired) electrons. The van der Waals surface area contributed by atoms with Crippen LogP contribution in [0.15, 0.2) is 12.3 Å². The number of halogens is 1. The molecule has 1 aromatic heterocycles. The van der Waals surface area contributed by atoms with Gasteiger partial charge in [-0.3, -0.25) is 4.79 Å². The quantitative estimate of drug-likeness (QED) is 0.788. The van der Waals surface area contributed by atoms with Crippen molar-refractivity contribution in [2.24, 2.45) is 11.7 Å². The number of rotatable bonds is 6. The fourth-order valence-electron chi connectivity index (χ4n) is 1.80. The van der Waals surface area contributed by atoms with Gasteiger partial charge in [0.25, 0.3) is 0 Å². The Kier molecular flexibility index (Phi) is 6.25. The summed E-state index contributed by atoms with van der Waals surface area (Å²) in [4.78, 5) is 16.0. The SMILES string of the molecule is Cc1ccnc(Cl)c1NC(=O)C(C)CCCC(C)N. The van der Waals surface area contributed by atoms with Gasteiger partial charge < -0.3 is 11.1 Å². The lowest BCUT2D eigenvalue weighted by molar-refractivity contribution is -0.119. The molecule has 4 nitrogen and oxygen atoms in total. The molecule has 106 valence electrons. The molecule has 0 spiro atoms. The van der Waals surface area contributed by atoms with Gasteiger partial charge in [0, 0.05) is 18.2 Å². The third-order valence-corrected chi connectivity index (χ3v) is 3.39. The average Bonchev–Trinajstić information content (AvgIpc) is 2.33. The van der Waals surface area contributed by atoms with Crippen LogP contribution in [0.25, 0.3) is 0 Å². The highest BCUT2D eigenvalue weighted by Gasteiger charge is 2.15. The molecule has 1 rings (SSSR count). The molecular weight excluding hydrogens is 262 g/mol. The van der Waals surface area contributed by atoms with Crippen molar-refractivity contribution < 1.29 is 4.79 Å². The topological polar surface area (TPSA) is 68.0 Å². The zero-order valence-corrected chi connectivity index (χ0v) is 12.5. The van der Waals surface area contributed by atoms with E-state index in [1.807, 2.05) is 26.8 Å². The second-order valence-corrected chi connectivity index (χ2v) is 5.45. The summed E-state index contributed by atoms with van der Waals surface area (Å²) >= 11 is 5.98. The van der Waals surface area contributed by atoms with Crippen LogP contribution in [-0.4, -0.2) is 16.9 Å². The van der Waals surface area contributed by atoms with Crippen molar-refractivity contribution in [3.05, 3.63) is 23.0 Å². The number of anilines is 1. The Hall–Kier alpha value is -1.13. The van der Waals surface area contributed by atoms with Crippen LogP contribution < -0.4 is 11.1 Å². The van der Waals surface area contributed by atoms with E-state index in [1.165, 1.54) is 0 Å². The van der Waals surface area contributed by atoms with Gasteiger partial charge in [-0.1, -0.05) is 24.9 Å². The predicted molar refractivity (Wildman–Crippen MR) is 79.3 cm³/mol. The highest BCUT2D eigenvalue weighted by molar-refractivity contribution is 6.32. The van der Waals surface area contributed by atoms with Crippen molar-refractivity contribution >= 4 is 23.2 Å². The van der Waals surface area contributed by atoms with Crippen LogP contribution in [0.4, 0.5) is 5.69 Å². The molecular formula is C14H22ClN3O. The van der Waals surface area contributed by atoms with E-state index in [2.05, 4.69) is 10.3 Å². The number of amides is 1. The van der Waals surface area contributed by atoms with E-state index in [0.29, 0.717) is 10.8 Å². The first-order valence-corrected chi connectivity index (χ1v) is 6.97. The molecule has 2 atom stereocenters. The van der Waals surface area contributed by atoms with Crippen LogP contribution >= 0.6 is 11.6 Å². The fraction of sp³-hybridized carbons (Fsp3) is 0.571. The maximum atomic E-state index is 12.1. The minimum Gasteiger partial charge on any atom is -0.328 e. The molecule has 1 amide bonds. The van der Waals surface area contributed by atoms with Crippen LogP contribution in [0.1, 0.15) is 38.7 Å². The Balaban J connectivity index is 2.54. The minimum atomic E-state index is -0.0607. The predicted octanol–water partition coefficient (Wildman–Crippen LogP) is 3.14. The summed E-state index contributed by atoms with van der Waals surface area (Å²) in [5.41, 5.74) is 7.21. The molecule has 5 heteroatoms. The number of carbonyl (C=O) groups is 1. The number of hydrogen-bond donors (Lipinski definition) is 2. The van der Waals surface area contributed by atoms with E-state index in [0.717, 1.165) is 24.8 Å². The Morgan fingerprint density at radius 2 is 2.16 bits per heavy atom. The molecule has 2 unspecified atom stereocenters. The fourth-order valence-corrected chi connectivity index (χ4v) is 2.05. The lowest BCUT2D eigenvalue weighted by atomic mass is 10.0. The summed E-state index contributed by atoms with van der Waals surface area (Å²) in [5, 5.41) is 3.18. The molecule has 1 heterocycles. The number of nitrogens with zero attached hydrogens (tertiary/aromatic N) is 1. The Morgan fingerprint density at radius 3 is 2.74 bits per heavy atom. The lowest BCUT2D eigenvalue weighted by Gasteiger charge is -2.14. The largest absolute Gasteiger partial charge is 0.328 e. The molecule has 1 aromatic rings. The highest BCUT2D eigenvalue weighted by atomic mass is 35.5. The highest BCUT2D eigenvalue weighted by Crippen LogP contribution is 2.23. The molecule has 0 bridgehead atoms. The van der Waals surface area contributed by atoms with Gasteiger partial charge in [0.1, 0.15) is 0 Å². The smallest absolute Gasteiger partial charge is 0.227 e. The van der Waals surface area contributed by atoms with E-state index < -0.39 is 0 Å². The summed E-state index contributed by atoms with van der Waals surface area (Å²) < 4.78 is 0. The standard InChI is InChI=1S/C14H22ClN3O/c1-9-7-8-17-13(15)12(9)18-14(19)10(2)5-4-6-11(3)16/h7-8,10-11H,4-6,16H2,1-3H3,(H,18,19). The van der Waals surface area contributed by atoms with Gasteiger partial charge in [-0.15, -0.1) is 0 Å². The Labute approximate surface area is 119 Å². The van der Waals surface area contributed by atoms with Gasteiger partial charge in [0.15, 0.2) is 5.15 Å². The third kappa shape index (κ3) is 5.17. The third-order valence-electron chi connectivity index (χ3n) is 3.11. The average molecular weight is 284 g/mol. The van der Waals surface area contributed by atoms with Crippen LogP contribution in [-0.2, 0) is 4.79 Å². The van der Waals surface area contributed by atoms with E-state index in [1.54, 1.807) is 6.20 Å². The molecule has 0 aliphatic carbocycles. The maximum absolute atomic E-state index is 12.1. The Bertz CT molecular complexity index is 414. The van der Waals surface area contributed by atoms with Gasteiger partial charge in [-0.05, 0) is 38.3 Å². The number of carbonyl (C=O) groups excluding carboxylic acids is 1.